The molecule has 2 aliphatic rings. The predicted molar refractivity (Wildman–Crippen MR) is 95.4 cm³/mol. The molecule has 4 heterocycles. The van der Waals surface area contributed by atoms with Gasteiger partial charge in [0.25, 0.3) is 5.91 Å². The Kier molecular flexibility index (Phi) is 3.33. The molecule has 8 heteroatoms. The molecule has 2 N–H and O–H groups in total. The molecular formula is C19H15N5O3. The minimum Gasteiger partial charge on any atom is -0.337 e. The van der Waals surface area contributed by atoms with E-state index in [1.165, 1.54) is 4.90 Å². The second-order valence-electron chi connectivity index (χ2n) is 6.73. The first-order valence-corrected chi connectivity index (χ1v) is 8.69. The van der Waals surface area contributed by atoms with Gasteiger partial charge in [-0.1, -0.05) is 12.1 Å². The number of imide groups is 1. The Balaban J connectivity index is 1.47. The highest BCUT2D eigenvalue weighted by Crippen LogP contribution is 2.30. The number of aromatic amines is 1. The quantitative estimate of drug-likeness (QED) is 0.671. The first-order valence-electron chi connectivity index (χ1n) is 8.69. The molecule has 27 heavy (non-hydrogen) atoms. The van der Waals surface area contributed by atoms with Crippen LogP contribution in [0.5, 0.6) is 0 Å². The molecule has 1 aromatic carbocycles. The number of piperidine rings is 1. The first-order chi connectivity index (χ1) is 13.1. The molecule has 0 bridgehead atoms. The summed E-state index contributed by atoms with van der Waals surface area (Å²) in [6, 6.07) is 8.69. The molecule has 2 aliphatic heterocycles. The van der Waals surface area contributed by atoms with E-state index in [1.54, 1.807) is 12.3 Å². The van der Waals surface area contributed by atoms with E-state index in [-0.39, 0.29) is 18.2 Å². The van der Waals surface area contributed by atoms with Crippen molar-refractivity contribution in [2.75, 3.05) is 0 Å². The number of hydrogen-bond acceptors (Lipinski definition) is 5. The second-order valence-corrected chi connectivity index (χ2v) is 6.73. The predicted octanol–water partition coefficient (Wildman–Crippen LogP) is 1.39. The lowest BCUT2D eigenvalue weighted by molar-refractivity contribution is -0.136. The van der Waals surface area contributed by atoms with E-state index in [0.717, 1.165) is 16.6 Å². The van der Waals surface area contributed by atoms with Gasteiger partial charge >= 0.3 is 0 Å². The Bertz CT molecular complexity index is 1090. The lowest BCUT2D eigenvalue weighted by atomic mass is 10.0. The maximum atomic E-state index is 12.9. The number of nitrogens with zero attached hydrogens (tertiary/aromatic N) is 3. The number of hydrogen-bond donors (Lipinski definition) is 2. The molecular weight excluding hydrogens is 346 g/mol. The van der Waals surface area contributed by atoms with Crippen LogP contribution >= 0.6 is 0 Å². The number of rotatable bonds is 2. The summed E-state index contributed by atoms with van der Waals surface area (Å²) in [6.07, 6.45) is 2.28. The van der Waals surface area contributed by atoms with Crippen molar-refractivity contribution in [3.05, 3.63) is 47.7 Å². The summed E-state index contributed by atoms with van der Waals surface area (Å²) in [5.41, 5.74) is 3.65. The molecule has 0 aliphatic carbocycles. The molecule has 1 saturated heterocycles. The average Bonchev–Trinajstić information content (AvgIpc) is 3.23. The van der Waals surface area contributed by atoms with Crippen LogP contribution in [0.3, 0.4) is 0 Å². The van der Waals surface area contributed by atoms with Gasteiger partial charge in [-0.2, -0.15) is 0 Å². The second kappa shape index (κ2) is 5.73. The minimum absolute atomic E-state index is 0.199. The third-order valence-electron chi connectivity index (χ3n) is 5.06. The fourth-order valence-corrected chi connectivity index (χ4v) is 3.68. The van der Waals surface area contributed by atoms with Crippen molar-refractivity contribution in [3.63, 3.8) is 0 Å². The van der Waals surface area contributed by atoms with Crippen LogP contribution in [0.25, 0.3) is 22.6 Å². The number of nitrogens with one attached hydrogen (secondary N) is 2. The van der Waals surface area contributed by atoms with Gasteiger partial charge in [-0.3, -0.25) is 19.7 Å². The lowest BCUT2D eigenvalue weighted by Crippen LogP contribution is -2.52. The van der Waals surface area contributed by atoms with E-state index >= 15 is 0 Å². The highest BCUT2D eigenvalue weighted by Gasteiger charge is 2.39. The lowest BCUT2D eigenvalue weighted by Gasteiger charge is -2.29. The average molecular weight is 361 g/mol. The number of amides is 3. The number of imidazole rings is 1. The van der Waals surface area contributed by atoms with E-state index < -0.39 is 11.9 Å². The molecule has 3 amide bonds. The molecule has 134 valence electrons. The van der Waals surface area contributed by atoms with Gasteiger partial charge in [0.05, 0.1) is 5.52 Å². The summed E-state index contributed by atoms with van der Waals surface area (Å²) < 4.78 is 0. The SMILES string of the molecule is O=C1CCC(N2Cc3ccc(-c4nc5ncccc5[nH]4)cc3C2=O)C(=O)N1. The van der Waals surface area contributed by atoms with Crippen molar-refractivity contribution in [1.29, 1.82) is 0 Å². The Hall–Kier alpha value is -3.55. The van der Waals surface area contributed by atoms with Crippen molar-refractivity contribution < 1.29 is 14.4 Å². The number of carbonyl (C=O) groups excluding carboxylic acids is 3. The molecule has 2 aromatic heterocycles. The largest absolute Gasteiger partial charge is 0.337 e. The fourth-order valence-electron chi connectivity index (χ4n) is 3.68. The zero-order chi connectivity index (χ0) is 18.5. The molecule has 1 atom stereocenters. The van der Waals surface area contributed by atoms with Gasteiger partial charge in [-0.25, -0.2) is 9.97 Å². The maximum Gasteiger partial charge on any atom is 0.255 e. The number of aromatic nitrogens is 3. The van der Waals surface area contributed by atoms with Crippen LogP contribution in [0.1, 0.15) is 28.8 Å². The van der Waals surface area contributed by atoms with Gasteiger partial charge in [0.1, 0.15) is 11.9 Å². The monoisotopic (exact) mass is 361 g/mol. The van der Waals surface area contributed by atoms with Crippen LogP contribution in [0.4, 0.5) is 0 Å². The van der Waals surface area contributed by atoms with E-state index in [0.29, 0.717) is 30.0 Å². The summed E-state index contributed by atoms with van der Waals surface area (Å²) in [7, 11) is 0. The molecule has 1 fully saturated rings. The van der Waals surface area contributed by atoms with Crippen LogP contribution < -0.4 is 5.32 Å². The number of fused-ring (bicyclic) bond motifs is 2. The van der Waals surface area contributed by atoms with Crippen LogP contribution in [0.15, 0.2) is 36.5 Å². The van der Waals surface area contributed by atoms with Gasteiger partial charge < -0.3 is 9.88 Å². The fraction of sp³-hybridized carbons (Fsp3) is 0.211. The van der Waals surface area contributed by atoms with E-state index in [9.17, 15) is 14.4 Å². The summed E-state index contributed by atoms with van der Waals surface area (Å²) in [6.45, 7) is 0.364. The van der Waals surface area contributed by atoms with E-state index in [4.69, 9.17) is 0 Å². The molecule has 5 rings (SSSR count). The zero-order valence-corrected chi connectivity index (χ0v) is 14.2. The van der Waals surface area contributed by atoms with Crippen molar-refractivity contribution in [2.45, 2.75) is 25.4 Å². The molecule has 8 nitrogen and oxygen atoms in total. The highest BCUT2D eigenvalue weighted by molar-refractivity contribution is 6.05. The Morgan fingerprint density at radius 3 is 2.85 bits per heavy atom. The normalized spacial score (nSPS) is 19.5. The molecule has 0 radical (unpaired) electrons. The topological polar surface area (TPSA) is 108 Å². The molecule has 0 spiro atoms. The Morgan fingerprint density at radius 2 is 2.04 bits per heavy atom. The summed E-state index contributed by atoms with van der Waals surface area (Å²) in [4.78, 5) is 49.8. The van der Waals surface area contributed by atoms with Crippen LogP contribution in [-0.4, -0.2) is 43.6 Å². The summed E-state index contributed by atoms with van der Waals surface area (Å²) >= 11 is 0. The third kappa shape index (κ3) is 2.49. The number of pyridine rings is 1. The summed E-state index contributed by atoms with van der Waals surface area (Å²) in [5, 5.41) is 2.31. The van der Waals surface area contributed by atoms with Crippen molar-refractivity contribution in [1.82, 2.24) is 25.2 Å². The van der Waals surface area contributed by atoms with Crippen molar-refractivity contribution in [2.24, 2.45) is 0 Å². The van der Waals surface area contributed by atoms with Gasteiger partial charge in [-0.15, -0.1) is 0 Å². The van der Waals surface area contributed by atoms with Crippen LogP contribution in [0, 0.1) is 0 Å². The maximum absolute atomic E-state index is 12.9. The number of carbonyl (C=O) groups is 3. The van der Waals surface area contributed by atoms with Gasteiger partial charge in [-0.05, 0) is 30.2 Å². The van der Waals surface area contributed by atoms with Gasteiger partial charge in [0.15, 0.2) is 5.65 Å². The van der Waals surface area contributed by atoms with E-state index in [2.05, 4.69) is 20.3 Å². The number of H-pyrrole nitrogens is 1. The Morgan fingerprint density at radius 1 is 1.15 bits per heavy atom. The van der Waals surface area contributed by atoms with Gasteiger partial charge in [0, 0.05) is 30.3 Å². The Labute approximate surface area is 153 Å². The smallest absolute Gasteiger partial charge is 0.255 e. The minimum atomic E-state index is -0.610. The van der Waals surface area contributed by atoms with Crippen molar-refractivity contribution >= 4 is 28.9 Å². The summed E-state index contributed by atoms with van der Waals surface area (Å²) in [5.74, 6) is -0.258. The van der Waals surface area contributed by atoms with Crippen LogP contribution in [-0.2, 0) is 16.1 Å². The van der Waals surface area contributed by atoms with E-state index in [1.807, 2.05) is 24.3 Å². The highest BCUT2D eigenvalue weighted by atomic mass is 16.2. The molecule has 3 aromatic rings. The first kappa shape index (κ1) is 15.7. The van der Waals surface area contributed by atoms with Crippen molar-refractivity contribution in [3.8, 4) is 11.4 Å². The molecule has 0 saturated carbocycles. The standard InChI is InChI=1S/C19H15N5O3/c25-15-6-5-14(18(26)22-15)24-9-11-4-3-10(8-12(11)19(24)27)16-21-13-2-1-7-20-17(13)23-16/h1-4,7-8,14H,5-6,9H2,(H,20,21,23)(H,22,25,26). The molecule has 1 unspecified atom stereocenters. The van der Waals surface area contributed by atoms with Crippen LogP contribution in [0.2, 0.25) is 0 Å². The zero-order valence-electron chi connectivity index (χ0n) is 14.2. The number of benzene rings is 1. The van der Waals surface area contributed by atoms with Gasteiger partial charge in [0.2, 0.25) is 11.8 Å². The third-order valence-corrected chi connectivity index (χ3v) is 5.06.